The lowest BCUT2D eigenvalue weighted by atomic mass is 10.2. The summed E-state index contributed by atoms with van der Waals surface area (Å²) in [6.45, 7) is 2.90. The van der Waals surface area contributed by atoms with E-state index in [1.54, 1.807) is 38.1 Å². The maximum atomic E-state index is 12.0. The first-order valence-corrected chi connectivity index (χ1v) is 6.99. The molecule has 0 saturated carbocycles. The van der Waals surface area contributed by atoms with Crippen LogP contribution in [0.3, 0.4) is 0 Å². The molecule has 0 fully saturated rings. The molecule has 2 rings (SSSR count). The van der Waals surface area contributed by atoms with E-state index >= 15 is 0 Å². The predicted octanol–water partition coefficient (Wildman–Crippen LogP) is 0.979. The van der Waals surface area contributed by atoms with Crippen molar-refractivity contribution in [2.75, 3.05) is 13.2 Å². The van der Waals surface area contributed by atoms with E-state index in [1.807, 2.05) is 0 Å². The Hall–Kier alpha value is -2.83. The summed E-state index contributed by atoms with van der Waals surface area (Å²) < 4.78 is 15.6. The highest BCUT2D eigenvalue weighted by molar-refractivity contribution is 5.99. The number of ether oxygens (including phenoxy) is 3. The molecular formula is C16H17NO6. The molecule has 1 aliphatic rings. The fourth-order valence-electron chi connectivity index (χ4n) is 1.82. The van der Waals surface area contributed by atoms with Crippen molar-refractivity contribution in [2.45, 2.75) is 20.0 Å². The zero-order valence-electron chi connectivity index (χ0n) is 12.8. The van der Waals surface area contributed by atoms with Gasteiger partial charge in [0.25, 0.3) is 11.8 Å². The molecule has 1 aromatic carbocycles. The van der Waals surface area contributed by atoms with Gasteiger partial charge in [0.05, 0.1) is 0 Å². The van der Waals surface area contributed by atoms with E-state index in [4.69, 9.17) is 14.2 Å². The number of hydrogen-bond donors (Lipinski definition) is 1. The van der Waals surface area contributed by atoms with Gasteiger partial charge in [-0.25, -0.2) is 4.79 Å². The topological polar surface area (TPSA) is 90.9 Å². The van der Waals surface area contributed by atoms with Gasteiger partial charge in [0, 0.05) is 6.08 Å². The van der Waals surface area contributed by atoms with E-state index < -0.39 is 30.5 Å². The molecule has 122 valence electrons. The number of para-hydroxylation sites is 2. The van der Waals surface area contributed by atoms with E-state index in [0.29, 0.717) is 11.5 Å². The van der Waals surface area contributed by atoms with Crippen LogP contribution in [0.1, 0.15) is 13.8 Å². The van der Waals surface area contributed by atoms with E-state index in [-0.39, 0.29) is 6.61 Å². The van der Waals surface area contributed by atoms with Crippen molar-refractivity contribution < 1.29 is 28.6 Å². The summed E-state index contributed by atoms with van der Waals surface area (Å²) in [6.07, 6.45) is 0.312. The average molecular weight is 319 g/mol. The first-order chi connectivity index (χ1) is 11.0. The van der Waals surface area contributed by atoms with Crippen molar-refractivity contribution in [3.63, 3.8) is 0 Å². The van der Waals surface area contributed by atoms with Crippen molar-refractivity contribution in [3.8, 4) is 11.5 Å². The molecule has 2 amide bonds. The number of esters is 1. The summed E-state index contributed by atoms with van der Waals surface area (Å²) in [5.41, 5.74) is 0.748. The standard InChI is InChI=1S/C16H17NO6/c1-10(2)7-15(19)22-9-14(18)17-16(20)13-8-21-11-5-3-4-6-12(11)23-13/h3-7,13H,8-9H2,1-2H3,(H,17,18,20)/t13-/m0/s1. The molecule has 23 heavy (non-hydrogen) atoms. The van der Waals surface area contributed by atoms with Crippen LogP contribution in [0.15, 0.2) is 35.9 Å². The Morgan fingerprint density at radius 3 is 2.65 bits per heavy atom. The second kappa shape index (κ2) is 7.44. The van der Waals surface area contributed by atoms with Crippen LogP contribution >= 0.6 is 0 Å². The lowest BCUT2D eigenvalue weighted by molar-refractivity contribution is -0.146. The van der Waals surface area contributed by atoms with Gasteiger partial charge in [-0.1, -0.05) is 17.7 Å². The third-order valence-electron chi connectivity index (χ3n) is 2.82. The normalized spacial score (nSPS) is 15.3. The van der Waals surface area contributed by atoms with Crippen LogP contribution in [0, 0.1) is 0 Å². The van der Waals surface area contributed by atoms with E-state index in [2.05, 4.69) is 5.32 Å². The second-order valence-corrected chi connectivity index (χ2v) is 5.11. The van der Waals surface area contributed by atoms with Gasteiger partial charge >= 0.3 is 5.97 Å². The maximum absolute atomic E-state index is 12.0. The minimum atomic E-state index is -0.942. The van der Waals surface area contributed by atoms with Crippen molar-refractivity contribution >= 4 is 17.8 Å². The number of imide groups is 1. The van der Waals surface area contributed by atoms with Gasteiger partial charge in [0.1, 0.15) is 6.61 Å². The first-order valence-electron chi connectivity index (χ1n) is 6.99. The van der Waals surface area contributed by atoms with Gasteiger partial charge in [-0.05, 0) is 26.0 Å². The molecule has 0 spiro atoms. The smallest absolute Gasteiger partial charge is 0.331 e. The number of hydrogen-bond acceptors (Lipinski definition) is 6. The number of allylic oxidation sites excluding steroid dienone is 1. The molecule has 0 aromatic heterocycles. The van der Waals surface area contributed by atoms with Crippen LogP contribution in [0.4, 0.5) is 0 Å². The molecule has 0 aliphatic carbocycles. The Kier molecular flexibility index (Phi) is 5.35. The number of fused-ring (bicyclic) bond motifs is 1. The van der Waals surface area contributed by atoms with Gasteiger partial charge in [0.2, 0.25) is 6.10 Å². The number of amides is 2. The number of rotatable bonds is 4. The van der Waals surface area contributed by atoms with Crippen LogP contribution in [0.5, 0.6) is 11.5 Å². The molecule has 7 nitrogen and oxygen atoms in total. The zero-order valence-corrected chi connectivity index (χ0v) is 12.8. The zero-order chi connectivity index (χ0) is 16.8. The quantitative estimate of drug-likeness (QED) is 0.657. The number of carbonyl (C=O) groups is 3. The Labute approximate surface area is 133 Å². The minimum Gasteiger partial charge on any atom is -0.485 e. The molecule has 0 bridgehead atoms. The van der Waals surface area contributed by atoms with Gasteiger partial charge in [-0.3, -0.25) is 14.9 Å². The highest BCUT2D eigenvalue weighted by Crippen LogP contribution is 2.30. The van der Waals surface area contributed by atoms with Crippen molar-refractivity contribution in [2.24, 2.45) is 0 Å². The van der Waals surface area contributed by atoms with Crippen LogP contribution in [-0.2, 0) is 19.1 Å². The Bertz CT molecular complexity index is 648. The van der Waals surface area contributed by atoms with Gasteiger partial charge in [-0.15, -0.1) is 0 Å². The molecule has 1 N–H and O–H groups in total. The molecule has 1 aliphatic heterocycles. The molecule has 1 atom stereocenters. The summed E-state index contributed by atoms with van der Waals surface area (Å²) in [7, 11) is 0. The Balaban J connectivity index is 1.82. The first kappa shape index (κ1) is 16.5. The number of carbonyl (C=O) groups excluding carboxylic acids is 3. The summed E-state index contributed by atoms with van der Waals surface area (Å²) in [6, 6.07) is 6.92. The Morgan fingerprint density at radius 2 is 1.96 bits per heavy atom. The van der Waals surface area contributed by atoms with Crippen LogP contribution in [0.25, 0.3) is 0 Å². The molecule has 7 heteroatoms. The minimum absolute atomic E-state index is 0.00627. The third kappa shape index (κ3) is 4.84. The number of benzene rings is 1. The van der Waals surface area contributed by atoms with E-state index in [0.717, 1.165) is 5.57 Å². The summed E-state index contributed by atoms with van der Waals surface area (Å²) in [5, 5.41) is 2.11. The molecule has 1 heterocycles. The average Bonchev–Trinajstić information content (AvgIpc) is 2.51. The highest BCUT2D eigenvalue weighted by Gasteiger charge is 2.28. The maximum Gasteiger partial charge on any atom is 0.331 e. The summed E-state index contributed by atoms with van der Waals surface area (Å²) in [5.74, 6) is -1.05. The number of nitrogens with one attached hydrogen (secondary N) is 1. The second-order valence-electron chi connectivity index (χ2n) is 5.11. The van der Waals surface area contributed by atoms with Crippen LogP contribution in [0.2, 0.25) is 0 Å². The fourth-order valence-corrected chi connectivity index (χ4v) is 1.82. The predicted molar refractivity (Wildman–Crippen MR) is 79.9 cm³/mol. The van der Waals surface area contributed by atoms with Gasteiger partial charge in [-0.2, -0.15) is 0 Å². The molecule has 1 aromatic rings. The van der Waals surface area contributed by atoms with Crippen molar-refractivity contribution in [3.05, 3.63) is 35.9 Å². The van der Waals surface area contributed by atoms with Crippen LogP contribution < -0.4 is 14.8 Å². The lowest BCUT2D eigenvalue weighted by Gasteiger charge is -2.25. The van der Waals surface area contributed by atoms with Crippen molar-refractivity contribution in [1.82, 2.24) is 5.32 Å². The monoisotopic (exact) mass is 319 g/mol. The SMILES string of the molecule is CC(C)=CC(=O)OCC(=O)NC(=O)[C@@H]1COc2ccccc2O1. The molecule has 0 unspecified atom stereocenters. The van der Waals surface area contributed by atoms with Gasteiger partial charge in [0.15, 0.2) is 18.1 Å². The molecular weight excluding hydrogens is 302 g/mol. The van der Waals surface area contributed by atoms with Gasteiger partial charge < -0.3 is 14.2 Å². The molecule has 0 saturated heterocycles. The summed E-state index contributed by atoms with van der Waals surface area (Å²) in [4.78, 5) is 34.8. The van der Waals surface area contributed by atoms with E-state index in [9.17, 15) is 14.4 Å². The molecule has 0 radical (unpaired) electrons. The lowest BCUT2D eigenvalue weighted by Crippen LogP contribution is -2.47. The van der Waals surface area contributed by atoms with Crippen LogP contribution in [-0.4, -0.2) is 37.1 Å². The largest absolute Gasteiger partial charge is 0.485 e. The van der Waals surface area contributed by atoms with E-state index in [1.165, 1.54) is 6.08 Å². The Morgan fingerprint density at radius 1 is 1.26 bits per heavy atom. The van der Waals surface area contributed by atoms with Crippen molar-refractivity contribution in [1.29, 1.82) is 0 Å². The fraction of sp³-hybridized carbons (Fsp3) is 0.312. The highest BCUT2D eigenvalue weighted by atomic mass is 16.6. The third-order valence-corrected chi connectivity index (χ3v) is 2.82. The summed E-state index contributed by atoms with van der Waals surface area (Å²) >= 11 is 0.